The minimum atomic E-state index is -5.03. The Bertz CT molecular complexity index is 654. The van der Waals surface area contributed by atoms with Crippen LogP contribution in [0.25, 0.3) is 11.1 Å². The second-order valence-corrected chi connectivity index (χ2v) is 3.91. The monoisotopic (exact) mass is 308 g/mol. The van der Waals surface area contributed by atoms with Crippen LogP contribution in [0.2, 0.25) is 0 Å². The molecule has 21 heavy (non-hydrogen) atoms. The first-order valence-corrected chi connectivity index (χ1v) is 5.44. The van der Waals surface area contributed by atoms with Crippen LogP contribution in [0.5, 0.6) is 11.5 Å². The van der Waals surface area contributed by atoms with Gasteiger partial charge < -0.3 is 4.74 Å². The van der Waals surface area contributed by atoms with Crippen molar-refractivity contribution in [3.63, 3.8) is 0 Å². The summed E-state index contributed by atoms with van der Waals surface area (Å²) in [6, 6.07) is 5.33. The van der Waals surface area contributed by atoms with E-state index in [4.69, 9.17) is 0 Å². The van der Waals surface area contributed by atoms with Crippen LogP contribution in [-0.4, -0.2) is 6.36 Å². The fraction of sp³-hybridized carbons (Fsp3) is 0.0769. The van der Waals surface area contributed by atoms with E-state index in [1.165, 1.54) is 0 Å². The van der Waals surface area contributed by atoms with Crippen molar-refractivity contribution in [1.82, 2.24) is 0 Å². The van der Waals surface area contributed by atoms with Gasteiger partial charge >= 0.3 is 6.36 Å². The van der Waals surface area contributed by atoms with E-state index in [-0.39, 0.29) is 11.1 Å². The third kappa shape index (κ3) is 3.59. The number of halogens is 6. The van der Waals surface area contributed by atoms with Gasteiger partial charge in [-0.25, -0.2) is 8.78 Å². The molecular formula is C13H6F6O2. The molecule has 0 radical (unpaired) electrons. The highest BCUT2D eigenvalue weighted by molar-refractivity contribution is 5.66. The Morgan fingerprint density at radius 3 is 2.10 bits per heavy atom. The Morgan fingerprint density at radius 1 is 0.857 bits per heavy atom. The zero-order valence-electron chi connectivity index (χ0n) is 10.0. The number of hydrogen-bond acceptors (Lipinski definition) is 2. The van der Waals surface area contributed by atoms with Gasteiger partial charge in [-0.1, -0.05) is 6.07 Å². The van der Waals surface area contributed by atoms with E-state index in [0.717, 1.165) is 24.3 Å². The van der Waals surface area contributed by atoms with E-state index >= 15 is 0 Å². The van der Waals surface area contributed by atoms with Gasteiger partial charge in [0.15, 0.2) is 17.3 Å². The minimum absolute atomic E-state index is 0.0371. The lowest BCUT2D eigenvalue weighted by Crippen LogP contribution is -2.17. The molecule has 0 heterocycles. The normalized spacial score (nSPS) is 11.3. The van der Waals surface area contributed by atoms with Crippen molar-refractivity contribution in [3.8, 4) is 22.6 Å². The quantitative estimate of drug-likeness (QED) is 0.759. The van der Waals surface area contributed by atoms with Crippen LogP contribution in [0.3, 0.4) is 0 Å². The Balaban J connectivity index is 2.36. The van der Waals surface area contributed by atoms with Gasteiger partial charge in [-0.3, -0.25) is 4.94 Å². The van der Waals surface area contributed by atoms with Crippen LogP contribution < -0.4 is 9.68 Å². The summed E-state index contributed by atoms with van der Waals surface area (Å²) in [4.78, 5) is 3.32. The molecule has 0 saturated carbocycles. The van der Waals surface area contributed by atoms with Crippen molar-refractivity contribution in [1.29, 1.82) is 0 Å². The van der Waals surface area contributed by atoms with E-state index < -0.39 is 29.5 Å². The van der Waals surface area contributed by atoms with Crippen LogP contribution >= 0.6 is 0 Å². The van der Waals surface area contributed by atoms with E-state index in [2.05, 4.69) is 9.68 Å². The Kier molecular flexibility index (Phi) is 3.97. The van der Waals surface area contributed by atoms with Gasteiger partial charge in [-0.05, 0) is 29.8 Å². The lowest BCUT2D eigenvalue weighted by Gasteiger charge is -2.11. The first-order valence-electron chi connectivity index (χ1n) is 5.44. The molecule has 2 rings (SSSR count). The number of benzene rings is 2. The molecule has 0 saturated heterocycles. The molecule has 0 aliphatic heterocycles. The molecule has 0 amide bonds. The van der Waals surface area contributed by atoms with Gasteiger partial charge in [0.25, 0.3) is 0 Å². The molecule has 0 N–H and O–H groups in total. The maximum atomic E-state index is 13.6. The third-order valence-electron chi connectivity index (χ3n) is 2.50. The second kappa shape index (κ2) is 5.55. The second-order valence-electron chi connectivity index (χ2n) is 3.91. The van der Waals surface area contributed by atoms with Crippen LogP contribution in [0.1, 0.15) is 0 Å². The van der Waals surface area contributed by atoms with Crippen LogP contribution in [0, 0.1) is 11.6 Å². The van der Waals surface area contributed by atoms with Crippen LogP contribution in [-0.2, 0) is 0 Å². The minimum Gasteiger partial charge on any atom is -0.403 e. The van der Waals surface area contributed by atoms with Crippen molar-refractivity contribution in [2.24, 2.45) is 0 Å². The number of ether oxygens (including phenoxy) is 1. The maximum absolute atomic E-state index is 13.6. The number of rotatable bonds is 3. The lowest BCUT2D eigenvalue weighted by molar-refractivity contribution is -0.275. The van der Waals surface area contributed by atoms with Gasteiger partial charge in [0.05, 0.1) is 0 Å². The standard InChI is InChI=1S/C13H6F6O2/c14-10-6-8(21-19)2-3-9(10)7-1-4-12(11(15)5-7)20-13(16,17)18/h1-6H. The fourth-order valence-electron chi connectivity index (χ4n) is 1.65. The Morgan fingerprint density at radius 2 is 1.57 bits per heavy atom. The largest absolute Gasteiger partial charge is 0.573 e. The molecule has 112 valence electrons. The highest BCUT2D eigenvalue weighted by Crippen LogP contribution is 2.31. The highest BCUT2D eigenvalue weighted by atomic mass is 19.4. The van der Waals surface area contributed by atoms with Gasteiger partial charge in [-0.15, -0.1) is 13.2 Å². The van der Waals surface area contributed by atoms with Gasteiger partial charge in [0, 0.05) is 16.2 Å². The van der Waals surface area contributed by atoms with Crippen molar-refractivity contribution in [3.05, 3.63) is 48.0 Å². The van der Waals surface area contributed by atoms with Gasteiger partial charge in [0.2, 0.25) is 0 Å². The molecule has 0 aliphatic carbocycles. The van der Waals surface area contributed by atoms with Crippen molar-refractivity contribution >= 4 is 0 Å². The molecule has 2 aromatic rings. The van der Waals surface area contributed by atoms with E-state index in [1.807, 2.05) is 0 Å². The Labute approximate surface area is 114 Å². The zero-order valence-corrected chi connectivity index (χ0v) is 10.0. The average Bonchev–Trinajstić information content (AvgIpc) is 2.39. The fourth-order valence-corrected chi connectivity index (χ4v) is 1.65. The van der Waals surface area contributed by atoms with Crippen molar-refractivity contribution in [2.75, 3.05) is 0 Å². The summed E-state index contributed by atoms with van der Waals surface area (Å²) in [6.07, 6.45) is -5.03. The van der Waals surface area contributed by atoms with Crippen LogP contribution in [0.15, 0.2) is 36.4 Å². The summed E-state index contributed by atoms with van der Waals surface area (Å²) in [5.41, 5.74) is -0.168. The first-order chi connectivity index (χ1) is 9.80. The molecule has 0 spiro atoms. The van der Waals surface area contributed by atoms with E-state index in [9.17, 15) is 26.5 Å². The van der Waals surface area contributed by atoms with Crippen molar-refractivity contribution < 1.29 is 36.2 Å². The summed E-state index contributed by atoms with van der Waals surface area (Å²) in [5.74, 6) is -3.66. The predicted octanol–water partition coefficient (Wildman–Crippen LogP) is 4.79. The molecule has 8 heteroatoms. The molecule has 0 aromatic heterocycles. The number of alkyl halides is 3. The van der Waals surface area contributed by atoms with Gasteiger partial charge in [0.1, 0.15) is 5.82 Å². The summed E-state index contributed by atoms with van der Waals surface area (Å²) in [6.45, 7) is 0. The molecule has 2 nitrogen and oxygen atoms in total. The third-order valence-corrected chi connectivity index (χ3v) is 2.50. The average molecular weight is 308 g/mol. The van der Waals surface area contributed by atoms with Crippen LogP contribution in [0.4, 0.5) is 26.5 Å². The smallest absolute Gasteiger partial charge is 0.403 e. The predicted molar refractivity (Wildman–Crippen MR) is 60.2 cm³/mol. The van der Waals surface area contributed by atoms with Crippen molar-refractivity contribution in [2.45, 2.75) is 6.36 Å². The number of hydrogen-bond donors (Lipinski definition) is 0. The highest BCUT2D eigenvalue weighted by Gasteiger charge is 2.32. The summed E-state index contributed by atoms with van der Waals surface area (Å²) in [7, 11) is 0. The molecule has 0 fully saturated rings. The molecule has 0 bridgehead atoms. The summed E-state index contributed by atoms with van der Waals surface area (Å²) < 4.78 is 78.5. The zero-order chi connectivity index (χ0) is 15.6. The SMILES string of the molecule is FOc1ccc(-c2ccc(OC(F)(F)F)c(F)c2)c(F)c1. The molecule has 0 unspecified atom stereocenters. The van der Waals surface area contributed by atoms with Gasteiger partial charge in [-0.2, -0.15) is 0 Å². The molecule has 2 aromatic carbocycles. The Hall–Kier alpha value is -2.38. The molecule has 0 aliphatic rings. The maximum Gasteiger partial charge on any atom is 0.573 e. The topological polar surface area (TPSA) is 18.5 Å². The molecular weight excluding hydrogens is 302 g/mol. The summed E-state index contributed by atoms with van der Waals surface area (Å²) >= 11 is 0. The summed E-state index contributed by atoms with van der Waals surface area (Å²) in [5, 5.41) is 0. The van der Waals surface area contributed by atoms with E-state index in [0.29, 0.717) is 12.1 Å². The molecule has 0 atom stereocenters. The lowest BCUT2D eigenvalue weighted by atomic mass is 10.0. The van der Waals surface area contributed by atoms with E-state index in [1.54, 1.807) is 0 Å². The first kappa shape index (κ1) is 15.0.